The van der Waals surface area contributed by atoms with E-state index in [1.807, 2.05) is 12.3 Å². The Morgan fingerprint density at radius 1 is 0.341 bits per heavy atom. The van der Waals surface area contributed by atoms with E-state index in [0.29, 0.717) is 0 Å². The molecule has 9 aromatic rings. The second kappa shape index (κ2) is 9.86. The third-order valence-electron chi connectivity index (χ3n) is 8.83. The monoisotopic (exact) mass is 558 g/mol. The van der Waals surface area contributed by atoms with Gasteiger partial charge in [-0.15, -0.1) is 0 Å². The second-order valence-electron chi connectivity index (χ2n) is 11.5. The minimum absolute atomic E-state index is 0.936. The van der Waals surface area contributed by atoms with Gasteiger partial charge in [0.15, 0.2) is 0 Å². The van der Waals surface area contributed by atoms with Gasteiger partial charge in [-0.3, -0.25) is 4.98 Å². The maximum Gasteiger partial charge on any atom is 0.0978 e. The Kier molecular flexibility index (Phi) is 5.54. The number of aromatic nitrogens is 2. The highest BCUT2D eigenvalue weighted by molar-refractivity contribution is 6.16. The van der Waals surface area contributed by atoms with Crippen molar-refractivity contribution in [2.75, 3.05) is 0 Å². The average molecular weight is 559 g/mol. The number of rotatable bonds is 3. The van der Waals surface area contributed by atoms with Crippen LogP contribution in [0, 0.1) is 0 Å². The standard InChI is InChI=1S/C42H26N2/c1-2-8-29-23-32(15-14-27(29)7-1)34-19-18-33-24-31(16-17-35(33)25-34)30-9-5-10-36(26-30)40-37-12-3-4-13-39(37)44-42-38(40)21-20-28-11-6-22-43-41(28)42/h1-26H. The highest BCUT2D eigenvalue weighted by Crippen LogP contribution is 2.39. The van der Waals surface area contributed by atoms with Gasteiger partial charge < -0.3 is 0 Å². The van der Waals surface area contributed by atoms with Crippen LogP contribution in [0.2, 0.25) is 0 Å². The van der Waals surface area contributed by atoms with Gasteiger partial charge >= 0.3 is 0 Å². The van der Waals surface area contributed by atoms with E-state index in [9.17, 15) is 0 Å². The summed E-state index contributed by atoms with van der Waals surface area (Å²) in [5.41, 5.74) is 10.1. The molecule has 204 valence electrons. The van der Waals surface area contributed by atoms with Crippen LogP contribution in [0.3, 0.4) is 0 Å². The zero-order chi connectivity index (χ0) is 29.0. The first-order valence-corrected chi connectivity index (χ1v) is 15.0. The molecule has 0 saturated heterocycles. The van der Waals surface area contributed by atoms with Crippen LogP contribution in [-0.4, -0.2) is 9.97 Å². The highest BCUT2D eigenvalue weighted by Gasteiger charge is 2.15. The summed E-state index contributed by atoms with van der Waals surface area (Å²) in [6.45, 7) is 0. The largest absolute Gasteiger partial charge is 0.254 e. The lowest BCUT2D eigenvalue weighted by atomic mass is 9.92. The van der Waals surface area contributed by atoms with E-state index < -0.39 is 0 Å². The average Bonchev–Trinajstić information content (AvgIpc) is 3.10. The van der Waals surface area contributed by atoms with Gasteiger partial charge in [0.2, 0.25) is 0 Å². The van der Waals surface area contributed by atoms with E-state index in [-0.39, 0.29) is 0 Å². The van der Waals surface area contributed by atoms with E-state index in [1.54, 1.807) is 0 Å². The fraction of sp³-hybridized carbons (Fsp3) is 0. The lowest BCUT2D eigenvalue weighted by Crippen LogP contribution is -1.92. The third-order valence-corrected chi connectivity index (χ3v) is 8.83. The molecule has 2 aromatic heterocycles. The van der Waals surface area contributed by atoms with Crippen molar-refractivity contribution >= 4 is 54.3 Å². The van der Waals surface area contributed by atoms with E-state index >= 15 is 0 Å². The van der Waals surface area contributed by atoms with Gasteiger partial charge in [-0.25, -0.2) is 4.98 Å². The summed E-state index contributed by atoms with van der Waals surface area (Å²) in [5, 5.41) is 8.36. The molecule has 0 aliphatic carbocycles. The first kappa shape index (κ1) is 24.7. The first-order chi connectivity index (χ1) is 21.8. The minimum atomic E-state index is 0.936. The van der Waals surface area contributed by atoms with Gasteiger partial charge in [0.1, 0.15) is 0 Å². The molecule has 44 heavy (non-hydrogen) atoms. The molecule has 0 spiro atoms. The van der Waals surface area contributed by atoms with Gasteiger partial charge in [-0.05, 0) is 85.8 Å². The molecule has 0 fully saturated rings. The molecule has 0 aliphatic rings. The molecule has 0 saturated carbocycles. The van der Waals surface area contributed by atoms with Gasteiger partial charge in [0.25, 0.3) is 0 Å². The van der Waals surface area contributed by atoms with Crippen molar-refractivity contribution in [2.24, 2.45) is 0 Å². The lowest BCUT2D eigenvalue weighted by molar-refractivity contribution is 1.40. The molecule has 0 radical (unpaired) electrons. The second-order valence-corrected chi connectivity index (χ2v) is 11.5. The topological polar surface area (TPSA) is 25.8 Å². The van der Waals surface area contributed by atoms with E-state index in [4.69, 9.17) is 9.97 Å². The smallest absolute Gasteiger partial charge is 0.0978 e. The zero-order valence-electron chi connectivity index (χ0n) is 23.9. The number of hydrogen-bond donors (Lipinski definition) is 0. The van der Waals surface area contributed by atoms with Gasteiger partial charge in [0, 0.05) is 27.9 Å². The van der Waals surface area contributed by atoms with Crippen LogP contribution in [0.1, 0.15) is 0 Å². The minimum Gasteiger partial charge on any atom is -0.254 e. The Labute approximate surface area is 254 Å². The molecule has 0 unspecified atom stereocenters. The van der Waals surface area contributed by atoms with Gasteiger partial charge in [0.05, 0.1) is 16.6 Å². The van der Waals surface area contributed by atoms with Gasteiger partial charge in [-0.2, -0.15) is 0 Å². The van der Waals surface area contributed by atoms with Crippen LogP contribution in [0.25, 0.3) is 87.6 Å². The molecule has 0 aliphatic heterocycles. The van der Waals surface area contributed by atoms with Gasteiger partial charge in [-0.1, -0.05) is 115 Å². The van der Waals surface area contributed by atoms with Crippen molar-refractivity contribution in [3.05, 3.63) is 158 Å². The molecule has 2 nitrogen and oxygen atoms in total. The maximum absolute atomic E-state index is 5.09. The Hall–Kier alpha value is -5.86. The number of nitrogens with zero attached hydrogens (tertiary/aromatic N) is 2. The predicted octanol–water partition coefficient (Wildman–Crippen LogP) is 11.2. The fourth-order valence-corrected chi connectivity index (χ4v) is 6.63. The molecule has 9 rings (SSSR count). The molecule has 0 bridgehead atoms. The highest BCUT2D eigenvalue weighted by atomic mass is 14.7. The molecule has 7 aromatic carbocycles. The van der Waals surface area contributed by atoms with Crippen molar-refractivity contribution in [1.29, 1.82) is 0 Å². The van der Waals surface area contributed by atoms with Crippen LogP contribution in [-0.2, 0) is 0 Å². The molecule has 2 heterocycles. The Bertz CT molecular complexity index is 2560. The van der Waals surface area contributed by atoms with E-state index in [0.717, 1.165) is 32.7 Å². The van der Waals surface area contributed by atoms with Crippen LogP contribution in [0.5, 0.6) is 0 Å². The van der Waals surface area contributed by atoms with E-state index in [2.05, 4.69) is 146 Å². The quantitative estimate of drug-likeness (QED) is 0.159. The molecular weight excluding hydrogens is 532 g/mol. The number of pyridine rings is 2. The summed E-state index contributed by atoms with van der Waals surface area (Å²) in [7, 11) is 0. The third kappa shape index (κ3) is 4.04. The lowest BCUT2D eigenvalue weighted by Gasteiger charge is -2.14. The summed E-state index contributed by atoms with van der Waals surface area (Å²) < 4.78 is 0. The molecule has 0 N–H and O–H groups in total. The Morgan fingerprint density at radius 3 is 1.73 bits per heavy atom. The van der Waals surface area contributed by atoms with Crippen LogP contribution < -0.4 is 0 Å². The Balaban J connectivity index is 1.16. The normalized spacial score (nSPS) is 11.6. The maximum atomic E-state index is 5.09. The van der Waals surface area contributed by atoms with E-state index in [1.165, 1.54) is 54.9 Å². The number of para-hydroxylation sites is 1. The molecule has 2 heteroatoms. The predicted molar refractivity (Wildman–Crippen MR) is 186 cm³/mol. The van der Waals surface area contributed by atoms with Crippen molar-refractivity contribution in [2.45, 2.75) is 0 Å². The van der Waals surface area contributed by atoms with Crippen molar-refractivity contribution in [3.8, 4) is 33.4 Å². The van der Waals surface area contributed by atoms with Crippen molar-refractivity contribution < 1.29 is 0 Å². The summed E-state index contributed by atoms with van der Waals surface area (Å²) in [4.78, 5) is 9.81. The Morgan fingerprint density at radius 2 is 0.932 bits per heavy atom. The first-order valence-electron chi connectivity index (χ1n) is 15.0. The van der Waals surface area contributed by atoms with Crippen LogP contribution in [0.4, 0.5) is 0 Å². The van der Waals surface area contributed by atoms with Crippen molar-refractivity contribution in [1.82, 2.24) is 9.97 Å². The summed E-state index contributed by atoms with van der Waals surface area (Å²) >= 11 is 0. The summed E-state index contributed by atoms with van der Waals surface area (Å²) in [6.07, 6.45) is 1.85. The zero-order valence-corrected chi connectivity index (χ0v) is 23.9. The number of hydrogen-bond acceptors (Lipinski definition) is 2. The molecule has 0 amide bonds. The summed E-state index contributed by atoms with van der Waals surface area (Å²) in [5.74, 6) is 0. The van der Waals surface area contributed by atoms with Crippen LogP contribution >= 0.6 is 0 Å². The number of fused-ring (bicyclic) bond motifs is 6. The SMILES string of the molecule is c1cc(-c2ccc3cc(-c4ccc5ccccc5c4)ccc3c2)cc(-c2c3ccccc3nc3c2ccc2cccnc23)c1. The van der Waals surface area contributed by atoms with Crippen LogP contribution in [0.15, 0.2) is 158 Å². The fourth-order valence-electron chi connectivity index (χ4n) is 6.63. The van der Waals surface area contributed by atoms with Crippen molar-refractivity contribution in [3.63, 3.8) is 0 Å². The molecule has 0 atom stereocenters. The number of benzene rings is 7. The molecular formula is C42H26N2. The summed E-state index contributed by atoms with van der Waals surface area (Å²) in [6, 6.07) is 54.6.